The van der Waals surface area contributed by atoms with Crippen LogP contribution in [-0.2, 0) is 14.3 Å². The van der Waals surface area contributed by atoms with E-state index in [0.29, 0.717) is 6.08 Å². The third-order valence-electron chi connectivity index (χ3n) is 1.40. The molecule has 0 unspecified atom stereocenters. The van der Waals surface area contributed by atoms with Crippen LogP contribution in [0.4, 0.5) is 4.79 Å². The first-order valence-electron chi connectivity index (χ1n) is 3.50. The number of carboxylic acids is 1. The maximum Gasteiger partial charge on any atom is 0.416 e. The number of carbonyl (C=O) groups is 3. The van der Waals surface area contributed by atoms with Crippen molar-refractivity contribution in [3.63, 3.8) is 0 Å². The van der Waals surface area contributed by atoms with E-state index in [-0.39, 0.29) is 13.2 Å². The summed E-state index contributed by atoms with van der Waals surface area (Å²) in [7, 11) is 0. The molecule has 1 heterocycles. The molecule has 6 heteroatoms. The lowest BCUT2D eigenvalue weighted by atomic mass is 10.4. The number of nitrogens with zero attached hydrogens (tertiary/aromatic N) is 1. The Bertz CT molecular complexity index is 283. The Labute approximate surface area is 73.4 Å². The smallest absolute Gasteiger partial charge is 0.416 e. The molecule has 1 rings (SSSR count). The van der Waals surface area contributed by atoms with E-state index in [1.807, 2.05) is 0 Å². The molecule has 1 N–H and O–H groups in total. The second kappa shape index (κ2) is 3.70. The molecule has 0 atom stereocenters. The molecule has 70 valence electrons. The number of carboxylic acid groups (broad SMARTS) is 1. The Morgan fingerprint density at radius 2 is 2.15 bits per heavy atom. The van der Waals surface area contributed by atoms with E-state index in [2.05, 4.69) is 4.74 Å². The molecule has 0 radical (unpaired) electrons. The van der Waals surface area contributed by atoms with Crippen molar-refractivity contribution in [2.75, 3.05) is 13.2 Å². The Kier molecular flexibility index (Phi) is 2.63. The highest BCUT2D eigenvalue weighted by atomic mass is 16.6. The molecule has 6 nitrogen and oxygen atoms in total. The lowest BCUT2D eigenvalue weighted by Gasteiger charge is -2.05. The number of rotatable bonds is 2. The third kappa shape index (κ3) is 2.29. The van der Waals surface area contributed by atoms with Gasteiger partial charge in [0.05, 0.1) is 6.54 Å². The molecule has 0 saturated carbocycles. The molecule has 0 aliphatic carbocycles. The molecule has 1 fully saturated rings. The Balaban J connectivity index is 2.57. The fourth-order valence-corrected chi connectivity index (χ4v) is 0.826. The van der Waals surface area contributed by atoms with Crippen LogP contribution in [0.5, 0.6) is 0 Å². The van der Waals surface area contributed by atoms with Crippen LogP contribution in [-0.4, -0.2) is 41.1 Å². The van der Waals surface area contributed by atoms with E-state index in [1.165, 1.54) is 0 Å². The van der Waals surface area contributed by atoms with Gasteiger partial charge >= 0.3 is 12.1 Å². The number of hydrogen-bond acceptors (Lipinski definition) is 4. The summed E-state index contributed by atoms with van der Waals surface area (Å²) in [6, 6.07) is 0. The molecule has 1 saturated heterocycles. The topological polar surface area (TPSA) is 83.9 Å². The Morgan fingerprint density at radius 1 is 1.46 bits per heavy atom. The third-order valence-corrected chi connectivity index (χ3v) is 1.40. The SMILES string of the molecule is O=C(O)/C=C\C(=O)N1CCOC1=O. The number of cyclic esters (lactones) is 1. The van der Waals surface area contributed by atoms with Crippen LogP contribution in [0.2, 0.25) is 0 Å². The molecule has 0 aromatic heterocycles. The van der Waals surface area contributed by atoms with Gasteiger partial charge in [0.15, 0.2) is 0 Å². The van der Waals surface area contributed by atoms with Crippen LogP contribution in [0, 0.1) is 0 Å². The zero-order valence-corrected chi connectivity index (χ0v) is 6.60. The minimum absolute atomic E-state index is 0.158. The summed E-state index contributed by atoms with van der Waals surface area (Å²) in [6.07, 6.45) is 0.753. The summed E-state index contributed by atoms with van der Waals surface area (Å²) < 4.78 is 4.48. The molecule has 13 heavy (non-hydrogen) atoms. The maximum atomic E-state index is 11.0. The summed E-state index contributed by atoms with van der Waals surface area (Å²) in [5.41, 5.74) is 0. The predicted octanol–water partition coefficient (Wildman–Crippen LogP) is -0.394. The van der Waals surface area contributed by atoms with Crippen LogP contribution < -0.4 is 0 Å². The highest BCUT2D eigenvalue weighted by Gasteiger charge is 2.26. The van der Waals surface area contributed by atoms with Gasteiger partial charge in [0.2, 0.25) is 0 Å². The van der Waals surface area contributed by atoms with E-state index < -0.39 is 18.0 Å². The Morgan fingerprint density at radius 3 is 2.62 bits per heavy atom. The number of imide groups is 1. The van der Waals surface area contributed by atoms with Gasteiger partial charge in [-0.3, -0.25) is 4.79 Å². The first-order chi connectivity index (χ1) is 6.11. The molecule has 2 amide bonds. The lowest BCUT2D eigenvalue weighted by Crippen LogP contribution is -2.30. The average molecular weight is 185 g/mol. The van der Waals surface area contributed by atoms with Gasteiger partial charge in [-0.15, -0.1) is 0 Å². The zero-order valence-electron chi connectivity index (χ0n) is 6.60. The highest BCUT2D eigenvalue weighted by Crippen LogP contribution is 2.03. The highest BCUT2D eigenvalue weighted by molar-refractivity contribution is 6.01. The van der Waals surface area contributed by atoms with Crippen molar-refractivity contribution in [2.24, 2.45) is 0 Å². The first kappa shape index (κ1) is 9.24. The lowest BCUT2D eigenvalue weighted by molar-refractivity contribution is -0.132. The van der Waals surface area contributed by atoms with Crippen LogP contribution in [0.1, 0.15) is 0 Å². The number of aliphatic carboxylic acids is 1. The molecule has 0 aromatic rings. The normalized spacial score (nSPS) is 16.3. The van der Waals surface area contributed by atoms with Gasteiger partial charge in [0, 0.05) is 12.2 Å². The van der Waals surface area contributed by atoms with Crippen molar-refractivity contribution in [1.82, 2.24) is 4.90 Å². The second-order valence-electron chi connectivity index (χ2n) is 2.28. The van der Waals surface area contributed by atoms with Crippen molar-refractivity contribution in [1.29, 1.82) is 0 Å². The van der Waals surface area contributed by atoms with E-state index in [0.717, 1.165) is 11.0 Å². The van der Waals surface area contributed by atoms with Crippen molar-refractivity contribution in [2.45, 2.75) is 0 Å². The van der Waals surface area contributed by atoms with Gasteiger partial charge in [0.1, 0.15) is 6.61 Å². The van der Waals surface area contributed by atoms with Gasteiger partial charge < -0.3 is 9.84 Å². The summed E-state index contributed by atoms with van der Waals surface area (Å²) in [5.74, 6) is -1.91. The standard InChI is InChI=1S/C7H7NO5/c9-5(1-2-6(10)11)8-3-4-13-7(8)12/h1-2H,3-4H2,(H,10,11)/b2-1-. The van der Waals surface area contributed by atoms with Crippen molar-refractivity contribution in [3.05, 3.63) is 12.2 Å². The number of amides is 2. The molecular formula is C7H7NO5. The minimum atomic E-state index is -1.24. The first-order valence-corrected chi connectivity index (χ1v) is 3.50. The largest absolute Gasteiger partial charge is 0.478 e. The predicted molar refractivity (Wildman–Crippen MR) is 39.8 cm³/mol. The van der Waals surface area contributed by atoms with E-state index in [4.69, 9.17) is 5.11 Å². The van der Waals surface area contributed by atoms with E-state index in [9.17, 15) is 14.4 Å². The maximum absolute atomic E-state index is 11.0. The molecule has 0 bridgehead atoms. The van der Waals surface area contributed by atoms with Crippen LogP contribution in [0.15, 0.2) is 12.2 Å². The minimum Gasteiger partial charge on any atom is -0.478 e. The van der Waals surface area contributed by atoms with Gasteiger partial charge in [-0.05, 0) is 0 Å². The number of ether oxygens (including phenoxy) is 1. The summed E-state index contributed by atoms with van der Waals surface area (Å²) >= 11 is 0. The molecule has 0 aromatic carbocycles. The van der Waals surface area contributed by atoms with Crippen molar-refractivity contribution < 1.29 is 24.2 Å². The monoisotopic (exact) mass is 185 g/mol. The van der Waals surface area contributed by atoms with Crippen LogP contribution in [0.3, 0.4) is 0 Å². The molecular weight excluding hydrogens is 178 g/mol. The molecule has 0 spiro atoms. The van der Waals surface area contributed by atoms with Crippen molar-refractivity contribution >= 4 is 18.0 Å². The zero-order chi connectivity index (χ0) is 9.84. The fraction of sp³-hybridized carbons (Fsp3) is 0.286. The number of carbonyl (C=O) groups excluding carboxylic acids is 2. The van der Waals surface area contributed by atoms with Crippen LogP contribution in [0.25, 0.3) is 0 Å². The van der Waals surface area contributed by atoms with Gasteiger partial charge in [0.25, 0.3) is 5.91 Å². The van der Waals surface area contributed by atoms with Gasteiger partial charge in [-0.2, -0.15) is 0 Å². The molecule has 1 aliphatic heterocycles. The van der Waals surface area contributed by atoms with Gasteiger partial charge in [-0.25, -0.2) is 14.5 Å². The summed E-state index contributed by atoms with van der Waals surface area (Å²) in [6.45, 7) is 0.326. The quantitative estimate of drug-likeness (QED) is 0.592. The fourth-order valence-electron chi connectivity index (χ4n) is 0.826. The van der Waals surface area contributed by atoms with E-state index in [1.54, 1.807) is 0 Å². The van der Waals surface area contributed by atoms with Crippen molar-refractivity contribution in [3.8, 4) is 0 Å². The Hall–Kier alpha value is -1.85. The van der Waals surface area contributed by atoms with Crippen LogP contribution >= 0.6 is 0 Å². The van der Waals surface area contributed by atoms with Gasteiger partial charge in [-0.1, -0.05) is 0 Å². The molecule has 1 aliphatic rings. The second-order valence-corrected chi connectivity index (χ2v) is 2.28. The summed E-state index contributed by atoms with van der Waals surface area (Å²) in [5, 5.41) is 8.20. The average Bonchev–Trinajstić information content (AvgIpc) is 2.47. The van der Waals surface area contributed by atoms with E-state index >= 15 is 0 Å². The summed E-state index contributed by atoms with van der Waals surface area (Å²) in [4.78, 5) is 32.7. The number of hydrogen-bond donors (Lipinski definition) is 1.